The number of aliphatic carboxylic acids is 1. The zero-order valence-electron chi connectivity index (χ0n) is 9.78. The molecular weight excluding hydrogens is 196 g/mol. The van der Waals surface area contributed by atoms with E-state index < -0.39 is 5.97 Å². The van der Waals surface area contributed by atoms with E-state index in [9.17, 15) is 9.59 Å². The van der Waals surface area contributed by atoms with Crippen LogP contribution in [0.3, 0.4) is 0 Å². The number of carbonyl (C=O) groups is 2. The fourth-order valence-electron chi connectivity index (χ4n) is 1.32. The van der Waals surface area contributed by atoms with Gasteiger partial charge in [0.15, 0.2) is 0 Å². The normalized spacial score (nSPS) is 12.3. The van der Waals surface area contributed by atoms with Gasteiger partial charge in [-0.25, -0.2) is 4.79 Å². The minimum Gasteiger partial charge on any atom is -0.480 e. The maximum absolute atomic E-state index is 11.4. The Kier molecular flexibility index (Phi) is 5.74. The highest BCUT2D eigenvalue weighted by atomic mass is 16.4. The molecule has 0 heterocycles. The van der Waals surface area contributed by atoms with Crippen molar-refractivity contribution in [3.63, 3.8) is 0 Å². The summed E-state index contributed by atoms with van der Waals surface area (Å²) in [4.78, 5) is 23.2. The van der Waals surface area contributed by atoms with Gasteiger partial charge in [-0.05, 0) is 19.3 Å². The molecule has 0 aromatic rings. The summed E-state index contributed by atoms with van der Waals surface area (Å²) in [5, 5.41) is 10.7. The fourth-order valence-corrected chi connectivity index (χ4v) is 1.32. The van der Waals surface area contributed by atoms with E-state index in [1.54, 1.807) is 7.05 Å². The van der Waals surface area contributed by atoms with Gasteiger partial charge in [-0.3, -0.25) is 4.79 Å². The van der Waals surface area contributed by atoms with Crippen LogP contribution in [-0.4, -0.2) is 41.6 Å². The van der Waals surface area contributed by atoms with Gasteiger partial charge in [-0.15, -0.1) is 0 Å². The standard InChI is InChI=1S/C10H20N2O3/c1-7(2)5-8(3)12(4)10(15)11-6-9(13)14/h7-8H,5-6H2,1-4H3,(H,11,15)(H,13,14). The van der Waals surface area contributed by atoms with E-state index in [-0.39, 0.29) is 18.6 Å². The largest absolute Gasteiger partial charge is 0.480 e. The molecule has 0 saturated carbocycles. The average Bonchev–Trinajstić information content (AvgIpc) is 2.11. The van der Waals surface area contributed by atoms with Crippen LogP contribution in [0.25, 0.3) is 0 Å². The van der Waals surface area contributed by atoms with Gasteiger partial charge in [0.1, 0.15) is 6.54 Å². The molecule has 15 heavy (non-hydrogen) atoms. The van der Waals surface area contributed by atoms with E-state index in [4.69, 9.17) is 5.11 Å². The Morgan fingerprint density at radius 3 is 2.27 bits per heavy atom. The van der Waals surface area contributed by atoms with Gasteiger partial charge in [0.2, 0.25) is 0 Å². The smallest absolute Gasteiger partial charge is 0.323 e. The summed E-state index contributed by atoms with van der Waals surface area (Å²) in [5.41, 5.74) is 0. The van der Waals surface area contributed by atoms with Crippen molar-refractivity contribution in [1.29, 1.82) is 0 Å². The van der Waals surface area contributed by atoms with Crippen LogP contribution in [0.15, 0.2) is 0 Å². The monoisotopic (exact) mass is 216 g/mol. The molecule has 0 rings (SSSR count). The van der Waals surface area contributed by atoms with Crippen LogP contribution in [-0.2, 0) is 4.79 Å². The van der Waals surface area contributed by atoms with Gasteiger partial charge in [0.25, 0.3) is 0 Å². The Bertz CT molecular complexity index is 229. The lowest BCUT2D eigenvalue weighted by molar-refractivity contribution is -0.135. The first-order chi connectivity index (χ1) is 6.84. The summed E-state index contributed by atoms with van der Waals surface area (Å²) >= 11 is 0. The molecule has 0 bridgehead atoms. The zero-order valence-corrected chi connectivity index (χ0v) is 9.78. The van der Waals surface area contributed by atoms with E-state index in [0.717, 1.165) is 6.42 Å². The summed E-state index contributed by atoms with van der Waals surface area (Å²) < 4.78 is 0. The van der Waals surface area contributed by atoms with Crippen LogP contribution in [0.4, 0.5) is 4.79 Å². The molecule has 0 aliphatic carbocycles. The molecule has 2 amide bonds. The first kappa shape index (κ1) is 13.7. The van der Waals surface area contributed by atoms with Gasteiger partial charge in [-0.2, -0.15) is 0 Å². The molecule has 5 nitrogen and oxygen atoms in total. The molecule has 2 N–H and O–H groups in total. The molecule has 1 atom stereocenters. The van der Waals surface area contributed by atoms with Crippen LogP contribution in [0, 0.1) is 5.92 Å². The average molecular weight is 216 g/mol. The molecule has 0 aliphatic rings. The van der Waals surface area contributed by atoms with Gasteiger partial charge in [-0.1, -0.05) is 13.8 Å². The number of carboxylic acid groups (broad SMARTS) is 1. The predicted octanol–water partition coefficient (Wildman–Crippen LogP) is 1.15. The van der Waals surface area contributed by atoms with E-state index in [0.29, 0.717) is 5.92 Å². The Hall–Kier alpha value is -1.26. The molecule has 0 aromatic heterocycles. The van der Waals surface area contributed by atoms with Gasteiger partial charge >= 0.3 is 12.0 Å². The van der Waals surface area contributed by atoms with Crippen LogP contribution >= 0.6 is 0 Å². The molecule has 0 saturated heterocycles. The first-order valence-corrected chi connectivity index (χ1v) is 5.07. The highest BCUT2D eigenvalue weighted by Crippen LogP contribution is 2.09. The van der Waals surface area contributed by atoms with E-state index in [1.165, 1.54) is 4.90 Å². The summed E-state index contributed by atoms with van der Waals surface area (Å²) in [7, 11) is 1.67. The van der Waals surface area contributed by atoms with Gasteiger partial charge in [0, 0.05) is 13.1 Å². The van der Waals surface area contributed by atoms with Crippen molar-refractivity contribution in [3.05, 3.63) is 0 Å². The van der Waals surface area contributed by atoms with Crippen molar-refractivity contribution in [1.82, 2.24) is 10.2 Å². The maximum Gasteiger partial charge on any atom is 0.323 e. The van der Waals surface area contributed by atoms with Crippen LogP contribution in [0.1, 0.15) is 27.2 Å². The van der Waals surface area contributed by atoms with Crippen LogP contribution in [0.5, 0.6) is 0 Å². The topological polar surface area (TPSA) is 69.6 Å². The molecule has 0 fully saturated rings. The number of nitrogens with zero attached hydrogens (tertiary/aromatic N) is 1. The zero-order chi connectivity index (χ0) is 12.0. The van der Waals surface area contributed by atoms with Gasteiger partial charge < -0.3 is 15.3 Å². The molecule has 88 valence electrons. The minimum absolute atomic E-state index is 0.110. The van der Waals surface area contributed by atoms with Crippen molar-refractivity contribution >= 4 is 12.0 Å². The van der Waals surface area contributed by atoms with Crippen LogP contribution < -0.4 is 5.32 Å². The molecule has 0 aliphatic heterocycles. The maximum atomic E-state index is 11.4. The second kappa shape index (κ2) is 6.27. The SMILES string of the molecule is CC(C)CC(C)N(C)C(=O)NCC(=O)O. The molecular formula is C10H20N2O3. The summed E-state index contributed by atoms with van der Waals surface area (Å²) in [6.45, 7) is 5.77. The second-order valence-corrected chi connectivity index (χ2v) is 4.14. The quantitative estimate of drug-likeness (QED) is 0.724. The second-order valence-electron chi connectivity index (χ2n) is 4.14. The number of hydrogen-bond acceptors (Lipinski definition) is 2. The lowest BCUT2D eigenvalue weighted by atomic mass is 10.0. The first-order valence-electron chi connectivity index (χ1n) is 5.07. The number of nitrogens with one attached hydrogen (secondary N) is 1. The van der Waals surface area contributed by atoms with Gasteiger partial charge in [0.05, 0.1) is 0 Å². The number of hydrogen-bond donors (Lipinski definition) is 2. The van der Waals surface area contributed by atoms with Crippen molar-refractivity contribution in [2.45, 2.75) is 33.2 Å². The third-order valence-corrected chi connectivity index (χ3v) is 2.18. The van der Waals surface area contributed by atoms with Crippen LogP contribution in [0.2, 0.25) is 0 Å². The Balaban J connectivity index is 4.01. The van der Waals surface area contributed by atoms with E-state index in [2.05, 4.69) is 19.2 Å². The minimum atomic E-state index is -1.03. The highest BCUT2D eigenvalue weighted by molar-refractivity contribution is 5.79. The number of rotatable bonds is 5. The number of carboxylic acids is 1. The van der Waals surface area contributed by atoms with E-state index >= 15 is 0 Å². The number of amides is 2. The fraction of sp³-hybridized carbons (Fsp3) is 0.800. The lowest BCUT2D eigenvalue weighted by Gasteiger charge is -2.26. The highest BCUT2D eigenvalue weighted by Gasteiger charge is 2.16. The van der Waals surface area contributed by atoms with Crippen molar-refractivity contribution in [2.75, 3.05) is 13.6 Å². The van der Waals surface area contributed by atoms with Crippen molar-refractivity contribution in [2.24, 2.45) is 5.92 Å². The number of urea groups is 1. The summed E-state index contributed by atoms with van der Waals surface area (Å²) in [6, 6.07) is -0.232. The third kappa shape index (κ3) is 5.93. The lowest BCUT2D eigenvalue weighted by Crippen LogP contribution is -2.44. The predicted molar refractivity (Wildman–Crippen MR) is 57.7 cm³/mol. The molecule has 0 aromatic carbocycles. The summed E-state index contributed by atoms with van der Waals surface area (Å²) in [6.07, 6.45) is 0.900. The molecule has 0 spiro atoms. The Morgan fingerprint density at radius 1 is 1.33 bits per heavy atom. The Morgan fingerprint density at radius 2 is 1.87 bits per heavy atom. The molecule has 1 unspecified atom stereocenters. The third-order valence-electron chi connectivity index (χ3n) is 2.18. The van der Waals surface area contributed by atoms with Crippen molar-refractivity contribution in [3.8, 4) is 0 Å². The molecule has 0 radical (unpaired) electrons. The number of carbonyl (C=O) groups excluding carboxylic acids is 1. The van der Waals surface area contributed by atoms with Crippen molar-refractivity contribution < 1.29 is 14.7 Å². The van der Waals surface area contributed by atoms with E-state index in [1.807, 2.05) is 6.92 Å². The molecule has 5 heteroatoms. The Labute approximate surface area is 90.5 Å². The summed E-state index contributed by atoms with van der Waals surface area (Å²) in [5.74, 6) is -0.525.